The van der Waals surface area contributed by atoms with E-state index in [1.165, 1.54) is 0 Å². The van der Waals surface area contributed by atoms with Crippen LogP contribution in [0.3, 0.4) is 0 Å². The van der Waals surface area contributed by atoms with Crippen molar-refractivity contribution in [2.75, 3.05) is 25.0 Å². The Kier molecular flexibility index (Phi) is 13.6. The lowest BCUT2D eigenvalue weighted by Crippen LogP contribution is -2.52. The summed E-state index contributed by atoms with van der Waals surface area (Å²) < 4.78 is 0. The summed E-state index contributed by atoms with van der Waals surface area (Å²) in [4.78, 5) is 62.8. The molecule has 2 unspecified atom stereocenters. The van der Waals surface area contributed by atoms with E-state index in [0.29, 0.717) is 23.9 Å². The van der Waals surface area contributed by atoms with Gasteiger partial charge in [0.15, 0.2) is 0 Å². The van der Waals surface area contributed by atoms with Crippen molar-refractivity contribution in [1.82, 2.24) is 21.3 Å². The maximum atomic E-state index is 13.0. The third-order valence-corrected chi connectivity index (χ3v) is 6.92. The van der Waals surface area contributed by atoms with E-state index in [4.69, 9.17) is 0 Å². The molecule has 0 heterocycles. The zero-order valence-electron chi connectivity index (χ0n) is 25.1. The van der Waals surface area contributed by atoms with Gasteiger partial charge in [0.1, 0.15) is 6.04 Å². The first-order valence-corrected chi connectivity index (χ1v) is 14.7. The van der Waals surface area contributed by atoms with Crippen molar-refractivity contribution in [2.45, 2.75) is 64.6 Å². The summed E-state index contributed by atoms with van der Waals surface area (Å²) in [7, 11) is 2.52. The van der Waals surface area contributed by atoms with Crippen molar-refractivity contribution < 1.29 is 24.0 Å². The molecule has 0 fully saturated rings. The molecule has 10 nitrogen and oxygen atoms in total. The number of amides is 5. The number of carbonyl (C=O) groups excluding carboxylic acids is 5. The molecule has 0 saturated heterocycles. The van der Waals surface area contributed by atoms with Gasteiger partial charge in [-0.05, 0) is 48.4 Å². The van der Waals surface area contributed by atoms with Crippen LogP contribution in [0, 0.1) is 5.92 Å². The van der Waals surface area contributed by atoms with Crippen molar-refractivity contribution in [2.24, 2.45) is 5.92 Å². The molecule has 11 heteroatoms. The monoisotopic (exact) mass is 597 g/mol. The average molecular weight is 598 g/mol. The third-order valence-electron chi connectivity index (χ3n) is 6.43. The third kappa shape index (κ3) is 12.4. The number of hydrogen-bond donors (Lipinski definition) is 5. The number of benzene rings is 2. The first-order valence-electron chi connectivity index (χ1n) is 14.1. The number of rotatable bonds is 15. The molecule has 0 bridgehead atoms. The highest BCUT2D eigenvalue weighted by molar-refractivity contribution is 7.21. The van der Waals surface area contributed by atoms with Gasteiger partial charge in [0.05, 0.1) is 24.8 Å². The molecule has 2 rings (SSSR count). The maximum absolute atomic E-state index is 13.0. The standard InChI is InChI=1S/C31H44N5O5P/c1-20(2)16-31(5,42)30(41)34-17-26(37)32-18-28(39)36-25(15-22-9-7-6-8-10-22)29(40)33-19-27(38)35-24-13-11-23(12-14-24)21(3)4/h6-14,20-21,25H,15-19,42H2,1-5H3,(H,32,37)(H,33,40)(H,34,41)(H,35,38)(H,36,39)/t25-,31?/m0/s1. The molecule has 0 aliphatic rings. The molecule has 0 aromatic heterocycles. The van der Waals surface area contributed by atoms with Crippen LogP contribution in [0.25, 0.3) is 0 Å². The van der Waals surface area contributed by atoms with Crippen LogP contribution in [0.15, 0.2) is 54.6 Å². The number of anilines is 1. The minimum Gasteiger partial charge on any atom is -0.346 e. The van der Waals surface area contributed by atoms with Crippen LogP contribution in [0.4, 0.5) is 5.69 Å². The normalized spacial score (nSPS) is 13.0. The minimum absolute atomic E-state index is 0.184. The molecular formula is C31H44N5O5P. The molecule has 0 aliphatic carbocycles. The van der Waals surface area contributed by atoms with Crippen molar-refractivity contribution in [3.8, 4) is 0 Å². The summed E-state index contributed by atoms with van der Waals surface area (Å²) in [5.74, 6) is -1.69. The minimum atomic E-state index is -0.983. The van der Waals surface area contributed by atoms with E-state index in [0.717, 1.165) is 11.1 Å². The van der Waals surface area contributed by atoms with Gasteiger partial charge in [-0.2, -0.15) is 0 Å². The summed E-state index contributed by atoms with van der Waals surface area (Å²) >= 11 is 0. The lowest BCUT2D eigenvalue weighted by atomic mass is 9.97. The van der Waals surface area contributed by atoms with Crippen LogP contribution in [0.2, 0.25) is 0 Å². The fourth-order valence-corrected chi connectivity index (χ4v) is 4.87. The highest BCUT2D eigenvalue weighted by Crippen LogP contribution is 2.26. The Labute approximate surface area is 250 Å². The second-order valence-corrected chi connectivity index (χ2v) is 12.6. The number of hydrogen-bond acceptors (Lipinski definition) is 5. The van der Waals surface area contributed by atoms with Gasteiger partial charge in [0.2, 0.25) is 29.5 Å². The lowest BCUT2D eigenvalue weighted by molar-refractivity contribution is -0.130. The van der Waals surface area contributed by atoms with E-state index >= 15 is 0 Å². The molecule has 0 aliphatic heterocycles. The second kappa shape index (κ2) is 16.6. The van der Waals surface area contributed by atoms with E-state index < -0.39 is 34.8 Å². The highest BCUT2D eigenvalue weighted by atomic mass is 31.0. The van der Waals surface area contributed by atoms with Crippen LogP contribution in [0.5, 0.6) is 0 Å². The van der Waals surface area contributed by atoms with Gasteiger partial charge < -0.3 is 26.6 Å². The predicted octanol–water partition coefficient (Wildman–Crippen LogP) is 2.50. The van der Waals surface area contributed by atoms with Crippen LogP contribution >= 0.6 is 9.24 Å². The molecule has 0 spiro atoms. The van der Waals surface area contributed by atoms with Gasteiger partial charge in [-0.25, -0.2) is 0 Å². The molecule has 2 aromatic carbocycles. The Morgan fingerprint density at radius 3 is 1.95 bits per heavy atom. The van der Waals surface area contributed by atoms with Gasteiger partial charge in [-0.15, -0.1) is 9.24 Å². The van der Waals surface area contributed by atoms with Crippen molar-refractivity contribution in [3.05, 3.63) is 65.7 Å². The van der Waals surface area contributed by atoms with Crippen molar-refractivity contribution >= 4 is 44.5 Å². The Hall–Kier alpha value is -3.78. The summed E-state index contributed by atoms with van der Waals surface area (Å²) in [5, 5.41) is 12.3. The topological polar surface area (TPSA) is 146 Å². The maximum Gasteiger partial charge on any atom is 0.243 e. The summed E-state index contributed by atoms with van der Waals surface area (Å²) in [6.45, 7) is 9.01. The number of nitrogens with one attached hydrogen (secondary N) is 5. The zero-order valence-corrected chi connectivity index (χ0v) is 26.2. The summed E-state index contributed by atoms with van der Waals surface area (Å²) in [6.07, 6.45) is 0.814. The predicted molar refractivity (Wildman–Crippen MR) is 168 cm³/mol. The Morgan fingerprint density at radius 2 is 1.36 bits per heavy atom. The van der Waals surface area contributed by atoms with Gasteiger partial charge in [-0.3, -0.25) is 24.0 Å². The molecular weight excluding hydrogens is 553 g/mol. The van der Waals surface area contributed by atoms with Crippen LogP contribution in [0.1, 0.15) is 58.1 Å². The van der Waals surface area contributed by atoms with Crippen molar-refractivity contribution in [1.29, 1.82) is 0 Å². The molecule has 228 valence electrons. The van der Waals surface area contributed by atoms with Gasteiger partial charge in [0.25, 0.3) is 0 Å². The van der Waals surface area contributed by atoms with E-state index in [9.17, 15) is 24.0 Å². The summed E-state index contributed by atoms with van der Waals surface area (Å²) in [6, 6.07) is 15.6. The molecule has 2 aromatic rings. The molecule has 42 heavy (non-hydrogen) atoms. The Morgan fingerprint density at radius 1 is 0.762 bits per heavy atom. The van der Waals surface area contributed by atoms with Crippen LogP contribution in [-0.2, 0) is 30.4 Å². The SMILES string of the molecule is CC(C)CC(C)(P)C(=O)NCC(=O)NCC(=O)N[C@@H](Cc1ccccc1)C(=O)NCC(=O)Nc1ccc(C(C)C)cc1. The van der Waals surface area contributed by atoms with Gasteiger partial charge in [0, 0.05) is 12.1 Å². The zero-order chi connectivity index (χ0) is 31.3. The largest absolute Gasteiger partial charge is 0.346 e. The molecule has 3 atom stereocenters. The van der Waals surface area contributed by atoms with Crippen molar-refractivity contribution in [3.63, 3.8) is 0 Å². The van der Waals surface area contributed by atoms with E-state index in [1.54, 1.807) is 19.1 Å². The Bertz CT molecular complexity index is 1220. The fourth-order valence-electron chi connectivity index (χ4n) is 4.30. The smallest absolute Gasteiger partial charge is 0.243 e. The first kappa shape index (κ1) is 34.4. The highest BCUT2D eigenvalue weighted by Gasteiger charge is 2.29. The van der Waals surface area contributed by atoms with Gasteiger partial charge in [-0.1, -0.05) is 70.2 Å². The van der Waals surface area contributed by atoms with Crippen LogP contribution < -0.4 is 26.6 Å². The lowest BCUT2D eigenvalue weighted by Gasteiger charge is -2.25. The molecule has 5 N–H and O–H groups in total. The Balaban J connectivity index is 1.90. The van der Waals surface area contributed by atoms with Crippen LogP contribution in [-0.4, -0.2) is 60.4 Å². The summed E-state index contributed by atoms with van der Waals surface area (Å²) in [5.41, 5.74) is 2.56. The second-order valence-electron chi connectivity index (χ2n) is 11.3. The average Bonchev–Trinajstić information content (AvgIpc) is 2.93. The fraction of sp³-hybridized carbons (Fsp3) is 0.452. The molecule has 5 amide bonds. The first-order chi connectivity index (χ1) is 19.8. The van der Waals surface area contributed by atoms with E-state index in [1.807, 2.05) is 56.3 Å². The number of carbonyl (C=O) groups is 5. The van der Waals surface area contributed by atoms with Gasteiger partial charge >= 0.3 is 0 Å². The molecule has 0 saturated carbocycles. The molecule has 0 radical (unpaired) electrons. The van der Waals surface area contributed by atoms with E-state index in [-0.39, 0.29) is 32.0 Å². The van der Waals surface area contributed by atoms with E-state index in [2.05, 4.69) is 49.7 Å². The quantitative estimate of drug-likeness (QED) is 0.200.